The van der Waals surface area contributed by atoms with Gasteiger partial charge < -0.3 is 5.32 Å². The zero-order chi connectivity index (χ0) is 14.5. The number of nitrogens with zero attached hydrogens (tertiary/aromatic N) is 1. The van der Waals surface area contributed by atoms with E-state index < -0.39 is 0 Å². The monoisotopic (exact) mass is 274 g/mol. The highest BCUT2D eigenvalue weighted by atomic mass is 15.2. The second-order valence-corrected chi connectivity index (χ2v) is 6.54. The predicted molar refractivity (Wildman–Crippen MR) is 86.8 cm³/mol. The van der Waals surface area contributed by atoms with E-state index in [1.807, 2.05) is 0 Å². The van der Waals surface area contributed by atoms with E-state index >= 15 is 0 Å². The van der Waals surface area contributed by atoms with Crippen molar-refractivity contribution in [3.05, 3.63) is 35.9 Å². The first-order valence-corrected chi connectivity index (χ1v) is 8.09. The van der Waals surface area contributed by atoms with Crippen LogP contribution < -0.4 is 5.32 Å². The molecule has 1 heterocycles. The Labute approximate surface area is 124 Å². The SMILES string of the molecule is CNC(c1ccccc1)C(C)N1CCC(C(C)C)CC1. The van der Waals surface area contributed by atoms with Crippen molar-refractivity contribution >= 4 is 0 Å². The van der Waals surface area contributed by atoms with Crippen LogP contribution in [0, 0.1) is 11.8 Å². The molecule has 1 aliphatic rings. The summed E-state index contributed by atoms with van der Waals surface area (Å²) >= 11 is 0. The highest BCUT2D eigenvalue weighted by Gasteiger charge is 2.28. The van der Waals surface area contributed by atoms with Crippen molar-refractivity contribution in [1.82, 2.24) is 10.2 Å². The maximum Gasteiger partial charge on any atom is 0.0473 e. The first-order chi connectivity index (χ1) is 9.63. The second kappa shape index (κ2) is 7.24. The van der Waals surface area contributed by atoms with E-state index in [9.17, 15) is 0 Å². The maximum atomic E-state index is 3.51. The third kappa shape index (κ3) is 3.62. The molecule has 1 aliphatic heterocycles. The van der Waals surface area contributed by atoms with Gasteiger partial charge in [0.25, 0.3) is 0 Å². The molecule has 1 fully saturated rings. The Balaban J connectivity index is 1.98. The van der Waals surface area contributed by atoms with Gasteiger partial charge in [0.15, 0.2) is 0 Å². The molecule has 0 spiro atoms. The number of likely N-dealkylation sites (tertiary alicyclic amines) is 1. The smallest absolute Gasteiger partial charge is 0.0473 e. The summed E-state index contributed by atoms with van der Waals surface area (Å²) in [6.45, 7) is 9.59. The van der Waals surface area contributed by atoms with Gasteiger partial charge in [-0.15, -0.1) is 0 Å². The van der Waals surface area contributed by atoms with Gasteiger partial charge in [0.1, 0.15) is 0 Å². The van der Waals surface area contributed by atoms with Gasteiger partial charge in [-0.3, -0.25) is 4.90 Å². The molecule has 1 aromatic carbocycles. The van der Waals surface area contributed by atoms with Crippen molar-refractivity contribution in [3.8, 4) is 0 Å². The van der Waals surface area contributed by atoms with Crippen LogP contribution in [0.2, 0.25) is 0 Å². The van der Waals surface area contributed by atoms with Gasteiger partial charge in [-0.25, -0.2) is 0 Å². The Kier molecular flexibility index (Phi) is 5.62. The van der Waals surface area contributed by atoms with Crippen LogP contribution in [0.5, 0.6) is 0 Å². The number of nitrogens with one attached hydrogen (secondary N) is 1. The molecule has 0 aliphatic carbocycles. The normalized spacial score (nSPS) is 21.1. The molecule has 2 rings (SSSR count). The summed E-state index contributed by atoms with van der Waals surface area (Å²) in [6, 6.07) is 11.8. The van der Waals surface area contributed by atoms with E-state index in [1.54, 1.807) is 0 Å². The van der Waals surface area contributed by atoms with Crippen molar-refractivity contribution in [2.75, 3.05) is 20.1 Å². The first kappa shape index (κ1) is 15.5. The van der Waals surface area contributed by atoms with Crippen molar-refractivity contribution in [2.24, 2.45) is 11.8 Å². The first-order valence-electron chi connectivity index (χ1n) is 8.09. The minimum Gasteiger partial charge on any atom is -0.312 e. The molecule has 0 bridgehead atoms. The molecule has 112 valence electrons. The molecule has 2 atom stereocenters. The van der Waals surface area contributed by atoms with E-state index in [1.165, 1.54) is 31.5 Å². The molecule has 0 radical (unpaired) electrons. The van der Waals surface area contributed by atoms with E-state index in [2.05, 4.69) is 68.4 Å². The maximum absolute atomic E-state index is 3.51. The molecule has 1 N–H and O–H groups in total. The van der Waals surface area contributed by atoms with Gasteiger partial charge in [-0.1, -0.05) is 44.2 Å². The third-order valence-electron chi connectivity index (χ3n) is 5.05. The van der Waals surface area contributed by atoms with Crippen molar-refractivity contribution in [2.45, 2.75) is 45.7 Å². The largest absolute Gasteiger partial charge is 0.312 e. The average Bonchev–Trinajstić information content (AvgIpc) is 2.49. The van der Waals surface area contributed by atoms with Crippen molar-refractivity contribution in [1.29, 1.82) is 0 Å². The second-order valence-electron chi connectivity index (χ2n) is 6.54. The lowest BCUT2D eigenvalue weighted by atomic mass is 9.85. The van der Waals surface area contributed by atoms with Gasteiger partial charge in [0, 0.05) is 12.1 Å². The number of piperidine rings is 1. The van der Waals surface area contributed by atoms with Crippen LogP contribution in [0.3, 0.4) is 0 Å². The van der Waals surface area contributed by atoms with Gasteiger partial charge in [0.05, 0.1) is 0 Å². The van der Waals surface area contributed by atoms with Crippen molar-refractivity contribution in [3.63, 3.8) is 0 Å². The molecule has 0 saturated carbocycles. The summed E-state index contributed by atoms with van der Waals surface area (Å²) in [5, 5.41) is 3.51. The molecule has 1 saturated heterocycles. The lowest BCUT2D eigenvalue weighted by Gasteiger charge is -2.40. The third-order valence-corrected chi connectivity index (χ3v) is 5.05. The molecule has 2 heteroatoms. The zero-order valence-corrected chi connectivity index (χ0v) is 13.5. The Morgan fingerprint density at radius 3 is 2.15 bits per heavy atom. The van der Waals surface area contributed by atoms with Crippen LogP contribution in [-0.2, 0) is 0 Å². The highest BCUT2D eigenvalue weighted by molar-refractivity contribution is 5.20. The quantitative estimate of drug-likeness (QED) is 0.880. The number of likely N-dealkylation sites (N-methyl/N-ethyl adjacent to an activating group) is 1. The zero-order valence-electron chi connectivity index (χ0n) is 13.5. The van der Waals surface area contributed by atoms with Crippen LogP contribution in [0.25, 0.3) is 0 Å². The lowest BCUT2D eigenvalue weighted by molar-refractivity contribution is 0.103. The summed E-state index contributed by atoms with van der Waals surface area (Å²) in [4.78, 5) is 2.66. The Bertz CT molecular complexity index is 380. The van der Waals surface area contributed by atoms with Crippen LogP contribution >= 0.6 is 0 Å². The minimum absolute atomic E-state index is 0.423. The molecule has 0 amide bonds. The van der Waals surface area contributed by atoms with Gasteiger partial charge in [-0.2, -0.15) is 0 Å². The highest BCUT2D eigenvalue weighted by Crippen LogP contribution is 2.28. The van der Waals surface area contributed by atoms with Crippen LogP contribution in [0.1, 0.15) is 45.2 Å². The molecular formula is C18H30N2. The van der Waals surface area contributed by atoms with Crippen LogP contribution in [0.4, 0.5) is 0 Å². The topological polar surface area (TPSA) is 15.3 Å². The van der Waals surface area contributed by atoms with Gasteiger partial charge in [0.2, 0.25) is 0 Å². The predicted octanol–water partition coefficient (Wildman–Crippen LogP) is 3.70. The molecule has 0 aromatic heterocycles. The van der Waals surface area contributed by atoms with E-state index in [4.69, 9.17) is 0 Å². The van der Waals surface area contributed by atoms with E-state index in [-0.39, 0.29) is 0 Å². The summed E-state index contributed by atoms with van der Waals surface area (Å²) in [7, 11) is 2.08. The number of hydrogen-bond donors (Lipinski definition) is 1. The number of benzene rings is 1. The Hall–Kier alpha value is -0.860. The molecule has 20 heavy (non-hydrogen) atoms. The van der Waals surface area contributed by atoms with Crippen molar-refractivity contribution < 1.29 is 0 Å². The summed E-state index contributed by atoms with van der Waals surface area (Å²) in [5.74, 6) is 1.75. The molecule has 1 aromatic rings. The molecular weight excluding hydrogens is 244 g/mol. The summed E-state index contributed by atoms with van der Waals surface area (Å²) in [5.41, 5.74) is 1.40. The average molecular weight is 274 g/mol. The Morgan fingerprint density at radius 1 is 1.05 bits per heavy atom. The van der Waals surface area contributed by atoms with Gasteiger partial charge >= 0.3 is 0 Å². The van der Waals surface area contributed by atoms with E-state index in [0.29, 0.717) is 12.1 Å². The number of rotatable bonds is 5. The number of hydrogen-bond acceptors (Lipinski definition) is 2. The van der Waals surface area contributed by atoms with E-state index in [0.717, 1.165) is 11.8 Å². The van der Waals surface area contributed by atoms with Crippen LogP contribution in [0.15, 0.2) is 30.3 Å². The van der Waals surface area contributed by atoms with Gasteiger partial charge in [-0.05, 0) is 57.3 Å². The minimum atomic E-state index is 0.423. The standard InChI is InChI=1S/C18H30N2/c1-14(2)16-10-12-20(13-11-16)15(3)18(19-4)17-8-6-5-7-9-17/h5-9,14-16,18-19H,10-13H2,1-4H3. The fraction of sp³-hybridized carbons (Fsp3) is 0.667. The summed E-state index contributed by atoms with van der Waals surface area (Å²) in [6.07, 6.45) is 2.71. The fourth-order valence-electron chi connectivity index (χ4n) is 3.55. The Morgan fingerprint density at radius 2 is 1.65 bits per heavy atom. The fourth-order valence-corrected chi connectivity index (χ4v) is 3.55. The van der Waals surface area contributed by atoms with Crippen LogP contribution in [-0.4, -0.2) is 31.1 Å². The molecule has 2 nitrogen and oxygen atoms in total. The lowest BCUT2D eigenvalue weighted by Crippen LogP contribution is -2.46. The summed E-state index contributed by atoms with van der Waals surface area (Å²) < 4.78 is 0. The molecule has 2 unspecified atom stereocenters.